The van der Waals surface area contributed by atoms with E-state index >= 15 is 0 Å². The quantitative estimate of drug-likeness (QED) is 0.739. The summed E-state index contributed by atoms with van der Waals surface area (Å²) in [5, 5.41) is -6.66. The minimum absolute atomic E-state index is 0.0173. The molecule has 138 valence electrons. The lowest BCUT2D eigenvalue weighted by atomic mass is 9.96. The topological polar surface area (TPSA) is 46.2 Å². The van der Waals surface area contributed by atoms with E-state index in [0.717, 1.165) is 4.72 Å². The van der Waals surface area contributed by atoms with Crippen LogP contribution in [0, 0.1) is 0 Å². The van der Waals surface area contributed by atoms with Gasteiger partial charge in [0, 0.05) is 6.04 Å². The van der Waals surface area contributed by atoms with Crippen LogP contribution >= 0.6 is 0 Å². The molecule has 0 unspecified atom stereocenters. The van der Waals surface area contributed by atoms with Crippen LogP contribution in [-0.2, 0) is 10.0 Å². The summed E-state index contributed by atoms with van der Waals surface area (Å²) < 4.78 is 138. The Morgan fingerprint density at radius 2 is 1.17 bits per heavy atom. The predicted molar refractivity (Wildman–Crippen MR) is 59.8 cm³/mol. The molecule has 0 bridgehead atoms. The van der Waals surface area contributed by atoms with Crippen molar-refractivity contribution in [3.05, 3.63) is 0 Å². The fourth-order valence-electron chi connectivity index (χ4n) is 2.04. The van der Waals surface area contributed by atoms with Crippen LogP contribution in [0.2, 0.25) is 0 Å². The summed E-state index contributed by atoms with van der Waals surface area (Å²) in [6.07, 6.45) is -5.73. The second-order valence-corrected chi connectivity index (χ2v) is 6.87. The molecule has 0 heterocycles. The number of halogens is 9. The Bertz CT molecular complexity index is 523. The summed E-state index contributed by atoms with van der Waals surface area (Å²) >= 11 is 0. The molecule has 1 aliphatic rings. The highest BCUT2D eigenvalue weighted by Gasteiger charge is 2.85. The smallest absolute Gasteiger partial charge is 0.207 e. The third kappa shape index (κ3) is 3.39. The van der Waals surface area contributed by atoms with Gasteiger partial charge in [0.15, 0.2) is 0 Å². The fourth-order valence-corrected chi connectivity index (χ4v) is 3.33. The Labute approximate surface area is 125 Å². The second kappa shape index (κ2) is 5.97. The molecule has 13 heteroatoms. The van der Waals surface area contributed by atoms with Crippen LogP contribution in [0.4, 0.5) is 39.5 Å². The van der Waals surface area contributed by atoms with Gasteiger partial charge in [0.05, 0.1) is 0 Å². The first-order chi connectivity index (χ1) is 10.1. The molecule has 0 amide bonds. The molecule has 0 aliphatic heterocycles. The van der Waals surface area contributed by atoms with E-state index in [1.807, 2.05) is 0 Å². The van der Waals surface area contributed by atoms with Crippen LogP contribution in [-0.4, -0.2) is 37.7 Å². The molecule has 23 heavy (non-hydrogen) atoms. The van der Waals surface area contributed by atoms with Gasteiger partial charge in [-0.3, -0.25) is 0 Å². The SMILES string of the molecule is O=S(=O)(NC1CCCCC1)C(F)(F)C(F)(F)C(F)(F)C(F)(F)F. The van der Waals surface area contributed by atoms with Crippen LogP contribution < -0.4 is 4.72 Å². The molecule has 1 N–H and O–H groups in total. The van der Waals surface area contributed by atoms with Crippen LogP contribution in [0.1, 0.15) is 32.1 Å². The lowest BCUT2D eigenvalue weighted by molar-refractivity contribution is -0.382. The van der Waals surface area contributed by atoms with E-state index in [1.54, 1.807) is 0 Å². The molecule has 0 aromatic carbocycles. The van der Waals surface area contributed by atoms with E-state index in [2.05, 4.69) is 0 Å². The van der Waals surface area contributed by atoms with Gasteiger partial charge in [-0.15, -0.1) is 0 Å². The van der Waals surface area contributed by atoms with Crippen molar-refractivity contribution in [3.63, 3.8) is 0 Å². The first-order valence-electron chi connectivity index (χ1n) is 6.30. The first kappa shape index (κ1) is 20.3. The Hall–Kier alpha value is -0.720. The van der Waals surface area contributed by atoms with Crippen molar-refractivity contribution in [2.24, 2.45) is 0 Å². The van der Waals surface area contributed by atoms with Gasteiger partial charge in [0.1, 0.15) is 0 Å². The van der Waals surface area contributed by atoms with Gasteiger partial charge in [0.25, 0.3) is 10.0 Å². The van der Waals surface area contributed by atoms with Crippen molar-refractivity contribution in [2.45, 2.75) is 61.4 Å². The van der Waals surface area contributed by atoms with Gasteiger partial charge in [0.2, 0.25) is 0 Å². The average molecular weight is 381 g/mol. The first-order valence-corrected chi connectivity index (χ1v) is 7.78. The van der Waals surface area contributed by atoms with Crippen molar-refractivity contribution < 1.29 is 47.9 Å². The molecular formula is C10H12F9NO2S. The normalized spacial score (nSPS) is 19.9. The highest BCUT2D eigenvalue weighted by Crippen LogP contribution is 2.54. The van der Waals surface area contributed by atoms with Gasteiger partial charge in [-0.2, -0.15) is 39.5 Å². The second-order valence-electron chi connectivity index (χ2n) is 5.12. The van der Waals surface area contributed by atoms with Crippen molar-refractivity contribution in [3.8, 4) is 0 Å². The van der Waals surface area contributed by atoms with E-state index in [9.17, 15) is 47.9 Å². The molecule has 1 rings (SSSR count). The zero-order valence-corrected chi connectivity index (χ0v) is 12.1. The zero-order chi connectivity index (χ0) is 18.3. The highest BCUT2D eigenvalue weighted by atomic mass is 32.2. The third-order valence-electron chi connectivity index (χ3n) is 3.38. The van der Waals surface area contributed by atoms with Crippen molar-refractivity contribution >= 4 is 10.0 Å². The number of alkyl halides is 9. The molecule has 0 aromatic rings. The lowest BCUT2D eigenvalue weighted by Crippen LogP contribution is -2.65. The van der Waals surface area contributed by atoms with Gasteiger partial charge < -0.3 is 0 Å². The minimum Gasteiger partial charge on any atom is -0.207 e. The Balaban J connectivity index is 3.16. The number of rotatable bonds is 5. The van der Waals surface area contributed by atoms with E-state index in [0.29, 0.717) is 19.3 Å². The third-order valence-corrected chi connectivity index (χ3v) is 4.96. The summed E-state index contributed by atoms with van der Waals surface area (Å²) in [6.45, 7) is 0. The molecule has 0 radical (unpaired) electrons. The fraction of sp³-hybridized carbons (Fsp3) is 1.00. The van der Waals surface area contributed by atoms with Gasteiger partial charge >= 0.3 is 23.3 Å². The van der Waals surface area contributed by atoms with Crippen LogP contribution in [0.15, 0.2) is 0 Å². The lowest BCUT2D eigenvalue weighted by Gasteiger charge is -2.34. The summed E-state index contributed by atoms with van der Waals surface area (Å²) in [5.41, 5.74) is 0. The molecule has 1 saturated carbocycles. The maximum absolute atomic E-state index is 13.4. The van der Waals surface area contributed by atoms with Crippen LogP contribution in [0.5, 0.6) is 0 Å². The molecule has 1 fully saturated rings. The predicted octanol–water partition coefficient (Wildman–Crippen LogP) is 3.66. The number of nitrogens with one attached hydrogen (secondary N) is 1. The van der Waals surface area contributed by atoms with Gasteiger partial charge in [-0.25, -0.2) is 13.1 Å². The van der Waals surface area contributed by atoms with E-state index in [4.69, 9.17) is 0 Å². The van der Waals surface area contributed by atoms with Gasteiger partial charge in [-0.05, 0) is 12.8 Å². The summed E-state index contributed by atoms with van der Waals surface area (Å²) in [4.78, 5) is 0. The summed E-state index contributed by atoms with van der Waals surface area (Å²) in [5.74, 6) is -14.4. The van der Waals surface area contributed by atoms with E-state index < -0.39 is 39.3 Å². The van der Waals surface area contributed by atoms with Crippen molar-refractivity contribution in [1.29, 1.82) is 0 Å². The zero-order valence-electron chi connectivity index (χ0n) is 11.2. The largest absolute Gasteiger partial charge is 0.460 e. The summed E-state index contributed by atoms with van der Waals surface area (Å²) in [6, 6.07) is -1.23. The molecule has 1 aliphatic carbocycles. The molecule has 0 aromatic heterocycles. The standard InChI is InChI=1S/C10H12F9NO2S/c11-7(12,9(15,16)17)8(13,14)10(18,19)23(21,22)20-6-4-2-1-3-5-6/h6,20H,1-5H2. The maximum atomic E-state index is 13.4. The van der Waals surface area contributed by atoms with Gasteiger partial charge in [-0.1, -0.05) is 19.3 Å². The monoisotopic (exact) mass is 381 g/mol. The minimum atomic E-state index is -7.23. The van der Waals surface area contributed by atoms with Crippen molar-refractivity contribution in [1.82, 2.24) is 4.72 Å². The molecule has 0 saturated heterocycles. The Morgan fingerprint density at radius 1 is 0.739 bits per heavy atom. The number of hydrogen-bond donors (Lipinski definition) is 1. The average Bonchev–Trinajstić information content (AvgIpc) is 2.37. The number of hydrogen-bond acceptors (Lipinski definition) is 2. The highest BCUT2D eigenvalue weighted by molar-refractivity contribution is 7.90. The molecule has 0 atom stereocenters. The van der Waals surface area contributed by atoms with E-state index in [-0.39, 0.29) is 12.8 Å². The number of sulfonamides is 1. The van der Waals surface area contributed by atoms with Crippen LogP contribution in [0.25, 0.3) is 0 Å². The van der Waals surface area contributed by atoms with E-state index in [1.165, 1.54) is 0 Å². The Morgan fingerprint density at radius 3 is 1.57 bits per heavy atom. The molecular weight excluding hydrogens is 369 g/mol. The Kier molecular flexibility index (Phi) is 5.28. The van der Waals surface area contributed by atoms with Crippen molar-refractivity contribution in [2.75, 3.05) is 0 Å². The maximum Gasteiger partial charge on any atom is 0.460 e. The summed E-state index contributed by atoms with van der Waals surface area (Å²) in [7, 11) is -6.47. The molecule has 3 nitrogen and oxygen atoms in total. The molecule has 0 spiro atoms. The van der Waals surface area contributed by atoms with Crippen LogP contribution in [0.3, 0.4) is 0 Å².